The van der Waals surface area contributed by atoms with Crippen LogP contribution in [0.25, 0.3) is 0 Å². The Hall–Kier alpha value is -0.300. The summed E-state index contributed by atoms with van der Waals surface area (Å²) < 4.78 is 0. The van der Waals surface area contributed by atoms with Crippen molar-refractivity contribution in [2.45, 2.75) is 65.0 Å². The third-order valence-electron chi connectivity index (χ3n) is 3.88. The van der Waals surface area contributed by atoms with E-state index in [9.17, 15) is 0 Å². The molecule has 1 aliphatic rings. The zero-order valence-electron chi connectivity index (χ0n) is 10.4. The minimum Gasteiger partial charge on any atom is -0.291 e. The van der Waals surface area contributed by atoms with Crippen LogP contribution in [-0.2, 0) is 0 Å². The zero-order chi connectivity index (χ0) is 10.8. The first-order chi connectivity index (χ1) is 6.58. The van der Waals surface area contributed by atoms with E-state index in [1.54, 1.807) is 5.57 Å². The van der Waals surface area contributed by atoms with Gasteiger partial charge in [0.1, 0.15) is 0 Å². The predicted octanol–water partition coefficient (Wildman–Crippen LogP) is 3.61. The van der Waals surface area contributed by atoms with Gasteiger partial charge in [0.25, 0.3) is 0 Å². The van der Waals surface area contributed by atoms with Gasteiger partial charge in [0.15, 0.2) is 0 Å². The van der Waals surface area contributed by atoms with Gasteiger partial charge in [0.05, 0.1) is 5.54 Å². The van der Waals surface area contributed by atoms with E-state index in [0.29, 0.717) is 5.54 Å². The second kappa shape index (κ2) is 4.48. The average Bonchev–Trinajstić information content (AvgIpc) is 2.68. The van der Waals surface area contributed by atoms with Crippen LogP contribution in [-0.4, -0.2) is 23.5 Å². The molecule has 0 amide bonds. The number of hydrogen-bond acceptors (Lipinski definition) is 1. The van der Waals surface area contributed by atoms with Crippen LogP contribution in [0.3, 0.4) is 0 Å². The third kappa shape index (κ3) is 2.03. The summed E-state index contributed by atoms with van der Waals surface area (Å²) in [7, 11) is 2.23. The van der Waals surface area contributed by atoms with E-state index in [0.717, 1.165) is 6.04 Å². The van der Waals surface area contributed by atoms with Crippen molar-refractivity contribution in [1.82, 2.24) is 4.90 Å². The summed E-state index contributed by atoms with van der Waals surface area (Å²) >= 11 is 0. The first kappa shape index (κ1) is 11.8. The van der Waals surface area contributed by atoms with E-state index in [1.165, 1.54) is 25.7 Å². The molecular weight excluding hydrogens is 170 g/mol. The Balaban J connectivity index is 2.56. The molecule has 1 aliphatic heterocycles. The molecule has 1 nitrogen and oxygen atoms in total. The van der Waals surface area contributed by atoms with E-state index in [1.807, 2.05) is 0 Å². The number of hydrogen-bond donors (Lipinski definition) is 0. The molecule has 0 N–H and O–H groups in total. The van der Waals surface area contributed by atoms with Gasteiger partial charge in [-0.3, -0.25) is 4.90 Å². The molecule has 1 heterocycles. The van der Waals surface area contributed by atoms with Crippen LogP contribution in [0.15, 0.2) is 11.6 Å². The average molecular weight is 195 g/mol. The summed E-state index contributed by atoms with van der Waals surface area (Å²) in [5.41, 5.74) is 1.97. The molecule has 0 aromatic carbocycles. The summed E-state index contributed by atoms with van der Waals surface area (Å²) in [5, 5.41) is 0. The van der Waals surface area contributed by atoms with Crippen LogP contribution >= 0.6 is 0 Å². The van der Waals surface area contributed by atoms with Gasteiger partial charge in [-0.05, 0) is 40.2 Å². The van der Waals surface area contributed by atoms with Gasteiger partial charge in [0, 0.05) is 6.04 Å². The molecule has 1 saturated heterocycles. The molecule has 1 heteroatoms. The predicted molar refractivity (Wildman–Crippen MR) is 63.5 cm³/mol. The largest absolute Gasteiger partial charge is 0.291 e. The minimum atomic E-state index is 0.401. The molecule has 0 aliphatic carbocycles. The van der Waals surface area contributed by atoms with Crippen molar-refractivity contribution in [3.8, 4) is 0 Å². The summed E-state index contributed by atoms with van der Waals surface area (Å²) in [4.78, 5) is 2.47. The van der Waals surface area contributed by atoms with Crippen molar-refractivity contribution in [2.75, 3.05) is 7.05 Å². The van der Waals surface area contributed by atoms with Gasteiger partial charge in [-0.15, -0.1) is 0 Å². The van der Waals surface area contributed by atoms with E-state index in [-0.39, 0.29) is 0 Å². The van der Waals surface area contributed by atoms with Crippen molar-refractivity contribution in [3.05, 3.63) is 11.6 Å². The van der Waals surface area contributed by atoms with Crippen molar-refractivity contribution in [2.24, 2.45) is 0 Å². The molecule has 0 radical (unpaired) electrons. The molecule has 3 atom stereocenters. The van der Waals surface area contributed by atoms with E-state index >= 15 is 0 Å². The quantitative estimate of drug-likeness (QED) is 0.478. The molecule has 1 fully saturated rings. The number of rotatable bonds is 5. The van der Waals surface area contributed by atoms with Crippen LogP contribution in [0.5, 0.6) is 0 Å². The molecular formula is C13H25N. The lowest BCUT2D eigenvalue weighted by Gasteiger charge is -2.10. The first-order valence-corrected chi connectivity index (χ1v) is 5.99. The molecule has 3 unspecified atom stereocenters. The molecule has 14 heavy (non-hydrogen) atoms. The maximum atomic E-state index is 2.51. The minimum absolute atomic E-state index is 0.401. The monoisotopic (exact) mass is 195 g/mol. The smallest absolute Gasteiger partial charge is 0.0545 e. The van der Waals surface area contributed by atoms with Crippen LogP contribution in [0.4, 0.5) is 0 Å². The van der Waals surface area contributed by atoms with Crippen LogP contribution in [0, 0.1) is 0 Å². The second-order valence-electron chi connectivity index (χ2n) is 4.73. The van der Waals surface area contributed by atoms with Crippen LogP contribution in [0.2, 0.25) is 0 Å². The Bertz CT molecular complexity index is 209. The van der Waals surface area contributed by atoms with Crippen LogP contribution in [0.1, 0.15) is 53.4 Å². The van der Waals surface area contributed by atoms with Crippen molar-refractivity contribution < 1.29 is 0 Å². The van der Waals surface area contributed by atoms with Gasteiger partial charge in [0.2, 0.25) is 0 Å². The van der Waals surface area contributed by atoms with Crippen molar-refractivity contribution >= 4 is 0 Å². The molecule has 0 aromatic rings. The summed E-state index contributed by atoms with van der Waals surface area (Å²) in [6.45, 7) is 9.16. The maximum absolute atomic E-state index is 2.51. The highest BCUT2D eigenvalue weighted by atomic mass is 15.4. The second-order valence-corrected chi connectivity index (χ2v) is 4.73. The number of nitrogens with zero attached hydrogens (tertiary/aromatic N) is 1. The SMILES string of the molecule is CCCCC(C)=CC1(CC)C(C)N1C. The standard InChI is InChI=1S/C13H25N/c1-6-8-9-11(3)10-13(7-2)12(4)14(13)5/h10,12H,6-9H2,1-5H3. The highest BCUT2D eigenvalue weighted by Gasteiger charge is 2.53. The maximum Gasteiger partial charge on any atom is 0.0545 e. The van der Waals surface area contributed by atoms with Gasteiger partial charge in [-0.25, -0.2) is 0 Å². The van der Waals surface area contributed by atoms with Gasteiger partial charge < -0.3 is 0 Å². The fourth-order valence-corrected chi connectivity index (χ4v) is 2.50. The lowest BCUT2D eigenvalue weighted by Crippen LogP contribution is -2.13. The summed E-state index contributed by atoms with van der Waals surface area (Å²) in [5.74, 6) is 0. The number of likely N-dealkylation sites (N-methyl/N-ethyl adjacent to an activating group) is 1. The summed E-state index contributed by atoms with van der Waals surface area (Å²) in [6.07, 6.45) is 7.66. The lowest BCUT2D eigenvalue weighted by atomic mass is 9.97. The number of unbranched alkanes of at least 4 members (excludes halogenated alkanes) is 1. The summed E-state index contributed by atoms with van der Waals surface area (Å²) in [6, 6.07) is 0.740. The molecule has 0 spiro atoms. The van der Waals surface area contributed by atoms with Gasteiger partial charge in [-0.1, -0.05) is 31.9 Å². The molecule has 1 rings (SSSR count). The lowest BCUT2D eigenvalue weighted by molar-refractivity contribution is 0.515. The Morgan fingerprint density at radius 1 is 1.43 bits per heavy atom. The molecule has 0 bridgehead atoms. The van der Waals surface area contributed by atoms with Crippen molar-refractivity contribution in [3.63, 3.8) is 0 Å². The van der Waals surface area contributed by atoms with Gasteiger partial charge in [-0.2, -0.15) is 0 Å². The molecule has 0 saturated carbocycles. The van der Waals surface area contributed by atoms with E-state index < -0.39 is 0 Å². The van der Waals surface area contributed by atoms with Crippen LogP contribution < -0.4 is 0 Å². The highest BCUT2D eigenvalue weighted by Crippen LogP contribution is 2.44. The van der Waals surface area contributed by atoms with E-state index in [4.69, 9.17) is 0 Å². The fourth-order valence-electron chi connectivity index (χ4n) is 2.50. The molecule has 0 aromatic heterocycles. The van der Waals surface area contributed by atoms with Gasteiger partial charge >= 0.3 is 0 Å². The highest BCUT2D eigenvalue weighted by molar-refractivity contribution is 5.27. The van der Waals surface area contributed by atoms with Crippen molar-refractivity contribution in [1.29, 1.82) is 0 Å². The Morgan fingerprint density at radius 3 is 2.36 bits per heavy atom. The zero-order valence-corrected chi connectivity index (χ0v) is 10.4. The first-order valence-electron chi connectivity index (χ1n) is 5.99. The Morgan fingerprint density at radius 2 is 2.00 bits per heavy atom. The van der Waals surface area contributed by atoms with E-state index in [2.05, 4.69) is 45.7 Å². The Kier molecular flexibility index (Phi) is 3.77. The normalized spacial score (nSPS) is 37.4. The number of allylic oxidation sites excluding steroid dienone is 1. The third-order valence-corrected chi connectivity index (χ3v) is 3.88. The fraction of sp³-hybridized carbons (Fsp3) is 0.846. The topological polar surface area (TPSA) is 3.01 Å². The Labute approximate surface area is 89.2 Å². The molecule has 82 valence electrons.